The van der Waals surface area contributed by atoms with E-state index in [9.17, 15) is 14.0 Å². The minimum atomic E-state index is -0.502. The summed E-state index contributed by atoms with van der Waals surface area (Å²) in [7, 11) is 1.67. The van der Waals surface area contributed by atoms with Crippen molar-refractivity contribution >= 4 is 11.8 Å². The van der Waals surface area contributed by atoms with E-state index in [1.807, 2.05) is 13.8 Å². The molecule has 2 atom stereocenters. The predicted octanol–water partition coefficient (Wildman–Crippen LogP) is 1.87. The van der Waals surface area contributed by atoms with E-state index in [0.717, 1.165) is 5.56 Å². The van der Waals surface area contributed by atoms with Crippen LogP contribution in [0.1, 0.15) is 38.3 Å². The summed E-state index contributed by atoms with van der Waals surface area (Å²) in [5.41, 5.74) is 0.532. The minimum absolute atomic E-state index is 0.0612. The number of nitrogens with zero attached hydrogens (tertiary/aromatic N) is 1. The van der Waals surface area contributed by atoms with Crippen LogP contribution in [0.25, 0.3) is 0 Å². The number of benzene rings is 1. The van der Waals surface area contributed by atoms with Gasteiger partial charge in [0.1, 0.15) is 5.82 Å². The van der Waals surface area contributed by atoms with Crippen molar-refractivity contribution in [3.63, 3.8) is 0 Å². The van der Waals surface area contributed by atoms with Crippen LogP contribution in [0.15, 0.2) is 24.3 Å². The fraction of sp³-hybridized carbons (Fsp3) is 0.556. The van der Waals surface area contributed by atoms with E-state index < -0.39 is 5.92 Å². The van der Waals surface area contributed by atoms with Gasteiger partial charge in [-0.25, -0.2) is 4.39 Å². The van der Waals surface area contributed by atoms with Crippen LogP contribution in [0, 0.1) is 17.2 Å². The lowest BCUT2D eigenvalue weighted by Gasteiger charge is -2.27. The second-order valence-corrected chi connectivity index (χ2v) is 7.17. The minimum Gasteiger partial charge on any atom is -0.396 e. The normalized spacial score (nSPS) is 21.2. The molecule has 1 aromatic rings. The summed E-state index contributed by atoms with van der Waals surface area (Å²) in [6.07, 6.45) is 0.725. The fourth-order valence-electron chi connectivity index (χ4n) is 3.07. The van der Waals surface area contributed by atoms with Gasteiger partial charge in [-0.1, -0.05) is 26.0 Å². The number of aliphatic hydroxyl groups excluding tert-OH is 1. The highest BCUT2D eigenvalue weighted by Crippen LogP contribution is 2.37. The highest BCUT2D eigenvalue weighted by atomic mass is 19.1. The van der Waals surface area contributed by atoms with Crippen molar-refractivity contribution in [3.05, 3.63) is 35.6 Å². The molecule has 0 aromatic heterocycles. The zero-order chi connectivity index (χ0) is 17.9. The van der Waals surface area contributed by atoms with Gasteiger partial charge in [0.05, 0.1) is 12.0 Å². The third kappa shape index (κ3) is 4.12. The quantitative estimate of drug-likeness (QED) is 0.833. The number of hydrogen-bond donors (Lipinski definition) is 2. The molecule has 1 aliphatic rings. The van der Waals surface area contributed by atoms with Gasteiger partial charge in [-0.05, 0) is 29.5 Å². The lowest BCUT2D eigenvalue weighted by molar-refractivity contribution is -0.128. The number of amides is 2. The summed E-state index contributed by atoms with van der Waals surface area (Å²) in [5.74, 6) is -1.14. The molecule has 2 N–H and O–H groups in total. The predicted molar refractivity (Wildman–Crippen MR) is 88.5 cm³/mol. The average Bonchev–Trinajstić information content (AvgIpc) is 2.82. The number of aliphatic hydroxyl groups is 1. The Balaban J connectivity index is 2.13. The van der Waals surface area contributed by atoms with E-state index in [1.165, 1.54) is 12.1 Å². The van der Waals surface area contributed by atoms with E-state index in [-0.39, 0.29) is 42.1 Å². The molecule has 2 unspecified atom stereocenters. The smallest absolute Gasteiger partial charge is 0.226 e. The van der Waals surface area contributed by atoms with Crippen LogP contribution >= 0.6 is 0 Å². The molecule has 5 nitrogen and oxygen atoms in total. The molecule has 0 radical (unpaired) electrons. The first-order chi connectivity index (χ1) is 11.2. The maximum atomic E-state index is 13.1. The van der Waals surface area contributed by atoms with Gasteiger partial charge in [-0.2, -0.15) is 0 Å². The van der Waals surface area contributed by atoms with Crippen molar-refractivity contribution in [3.8, 4) is 0 Å². The molecule has 1 saturated heterocycles. The lowest BCUT2D eigenvalue weighted by atomic mass is 9.88. The van der Waals surface area contributed by atoms with Crippen LogP contribution in [0.3, 0.4) is 0 Å². The van der Waals surface area contributed by atoms with Crippen molar-refractivity contribution in [1.82, 2.24) is 10.2 Å². The molecule has 2 rings (SSSR count). The Hall–Kier alpha value is -1.95. The summed E-state index contributed by atoms with van der Waals surface area (Å²) in [4.78, 5) is 26.2. The van der Waals surface area contributed by atoms with Crippen molar-refractivity contribution < 1.29 is 19.1 Å². The molecular weight excluding hydrogens is 311 g/mol. The first kappa shape index (κ1) is 18.4. The van der Waals surface area contributed by atoms with Crippen LogP contribution in [-0.4, -0.2) is 42.0 Å². The van der Waals surface area contributed by atoms with E-state index in [0.29, 0.717) is 13.0 Å². The molecule has 6 heteroatoms. The Bertz CT molecular complexity index is 601. The highest BCUT2D eigenvalue weighted by Gasteiger charge is 2.42. The van der Waals surface area contributed by atoms with E-state index in [4.69, 9.17) is 5.11 Å². The van der Waals surface area contributed by atoms with Crippen molar-refractivity contribution in [1.29, 1.82) is 0 Å². The largest absolute Gasteiger partial charge is 0.396 e. The van der Waals surface area contributed by atoms with Gasteiger partial charge in [0, 0.05) is 26.6 Å². The first-order valence-electron chi connectivity index (χ1n) is 8.15. The van der Waals surface area contributed by atoms with Crippen LogP contribution in [0.4, 0.5) is 4.39 Å². The molecule has 2 amide bonds. The number of halogens is 1. The average molecular weight is 336 g/mol. The molecule has 0 saturated carbocycles. The van der Waals surface area contributed by atoms with Crippen LogP contribution < -0.4 is 5.32 Å². The zero-order valence-corrected chi connectivity index (χ0v) is 14.4. The molecule has 0 aliphatic carbocycles. The Labute approximate surface area is 141 Å². The standard InChI is InChI=1S/C18H25FN2O3/c1-18(2,8-9-22)11-20-17(24)14-10-15(23)21(3)16(14)12-4-6-13(19)7-5-12/h4-7,14,16,22H,8-11H2,1-3H3,(H,20,24). The summed E-state index contributed by atoms with van der Waals surface area (Å²) < 4.78 is 13.1. The molecule has 24 heavy (non-hydrogen) atoms. The first-order valence-corrected chi connectivity index (χ1v) is 8.15. The molecule has 0 bridgehead atoms. The highest BCUT2D eigenvalue weighted by molar-refractivity contribution is 5.90. The second kappa shape index (κ2) is 7.30. The number of hydrogen-bond acceptors (Lipinski definition) is 3. The van der Waals surface area contributed by atoms with Gasteiger partial charge in [-0.3, -0.25) is 9.59 Å². The van der Waals surface area contributed by atoms with Crippen LogP contribution in [0.2, 0.25) is 0 Å². The van der Waals surface area contributed by atoms with E-state index >= 15 is 0 Å². The summed E-state index contributed by atoms with van der Waals surface area (Å²) in [6, 6.07) is 5.52. The van der Waals surface area contributed by atoms with E-state index in [1.54, 1.807) is 24.1 Å². The van der Waals surface area contributed by atoms with Gasteiger partial charge in [0.25, 0.3) is 0 Å². The second-order valence-electron chi connectivity index (χ2n) is 7.17. The molecule has 132 valence electrons. The van der Waals surface area contributed by atoms with Gasteiger partial charge in [-0.15, -0.1) is 0 Å². The van der Waals surface area contributed by atoms with Crippen molar-refractivity contribution in [2.45, 2.75) is 32.7 Å². The molecule has 0 spiro atoms. The van der Waals surface area contributed by atoms with E-state index in [2.05, 4.69) is 5.32 Å². The van der Waals surface area contributed by atoms with Crippen LogP contribution in [-0.2, 0) is 9.59 Å². The third-order valence-electron chi connectivity index (χ3n) is 4.66. The van der Waals surface area contributed by atoms with Gasteiger partial charge >= 0.3 is 0 Å². The van der Waals surface area contributed by atoms with Crippen molar-refractivity contribution in [2.24, 2.45) is 11.3 Å². The molecule has 1 aliphatic heterocycles. The summed E-state index contributed by atoms with van der Waals surface area (Å²) >= 11 is 0. The monoisotopic (exact) mass is 336 g/mol. The number of carbonyl (C=O) groups is 2. The number of likely N-dealkylation sites (tertiary alicyclic amines) is 1. The maximum Gasteiger partial charge on any atom is 0.226 e. The molecular formula is C18H25FN2O3. The van der Waals surface area contributed by atoms with Crippen LogP contribution in [0.5, 0.6) is 0 Å². The maximum absolute atomic E-state index is 13.1. The van der Waals surface area contributed by atoms with Gasteiger partial charge in [0.2, 0.25) is 11.8 Å². The molecule has 1 aromatic carbocycles. The Morgan fingerprint density at radius 1 is 1.38 bits per heavy atom. The van der Waals surface area contributed by atoms with Crippen molar-refractivity contribution in [2.75, 3.05) is 20.2 Å². The molecule has 1 heterocycles. The van der Waals surface area contributed by atoms with Gasteiger partial charge in [0.15, 0.2) is 0 Å². The summed E-state index contributed by atoms with van der Waals surface area (Å²) in [6.45, 7) is 4.42. The SMILES string of the molecule is CN1C(=O)CC(C(=O)NCC(C)(C)CCO)C1c1ccc(F)cc1. The Kier molecular flexibility index (Phi) is 5.59. The number of nitrogens with one attached hydrogen (secondary N) is 1. The third-order valence-corrected chi connectivity index (χ3v) is 4.66. The number of rotatable bonds is 6. The van der Waals surface area contributed by atoms with Gasteiger partial charge < -0.3 is 15.3 Å². The fourth-order valence-corrected chi connectivity index (χ4v) is 3.07. The number of carbonyl (C=O) groups excluding carboxylic acids is 2. The summed E-state index contributed by atoms with van der Waals surface area (Å²) in [5, 5.41) is 12.0. The lowest BCUT2D eigenvalue weighted by Crippen LogP contribution is -2.39. The zero-order valence-electron chi connectivity index (χ0n) is 14.4. The topological polar surface area (TPSA) is 69.6 Å². The Morgan fingerprint density at radius 2 is 2.00 bits per heavy atom. The molecule has 1 fully saturated rings. The Morgan fingerprint density at radius 3 is 2.58 bits per heavy atom.